The van der Waals surface area contributed by atoms with Gasteiger partial charge in [0, 0.05) is 22.6 Å². The van der Waals surface area contributed by atoms with E-state index in [-0.39, 0.29) is 39.5 Å². The zero-order chi connectivity index (χ0) is 29.6. The maximum Gasteiger partial charge on any atom is 0.352 e. The van der Waals surface area contributed by atoms with Crippen molar-refractivity contribution in [3.63, 3.8) is 0 Å². The van der Waals surface area contributed by atoms with Crippen molar-refractivity contribution in [2.45, 2.75) is 28.5 Å². The third kappa shape index (κ3) is 5.45. The summed E-state index contributed by atoms with van der Waals surface area (Å²) in [6.07, 6.45) is 0. The van der Waals surface area contributed by atoms with Gasteiger partial charge in [0.2, 0.25) is 0 Å². The number of nitrogen functional groups attached to an aromatic ring is 1. The molecule has 0 aliphatic carbocycles. The Bertz CT molecular complexity index is 1770. The number of carboxylic acid groups (broad SMARTS) is 1. The molecule has 21 heteroatoms. The van der Waals surface area contributed by atoms with Gasteiger partial charge in [-0.25, -0.2) is 14.8 Å². The predicted molar refractivity (Wildman–Crippen MR) is 146 cm³/mol. The summed E-state index contributed by atoms with van der Waals surface area (Å²) < 4.78 is 33.4. The van der Waals surface area contributed by atoms with Gasteiger partial charge in [0.1, 0.15) is 34.9 Å². The SMILES string of the molecule is CO/N=C(\C(=O)N[C@@H]1C(=O)N2C(C(=O)O)=C(CSc3cc(C)nc4nc(S(=O)(=O)O)nn34)CS[C@H]12)c1csc(N)n1. The number of aliphatic carboxylic acids is 1. The summed E-state index contributed by atoms with van der Waals surface area (Å²) in [6, 6.07) is 0.570. The number of rotatable bonds is 9. The second kappa shape index (κ2) is 10.9. The van der Waals surface area contributed by atoms with Crippen LogP contribution in [0.15, 0.2) is 38.1 Å². The van der Waals surface area contributed by atoms with E-state index < -0.39 is 44.5 Å². The number of nitrogens with one attached hydrogen (secondary N) is 1. The monoisotopic (exact) mass is 641 g/mol. The average Bonchev–Trinajstić information content (AvgIpc) is 3.54. The highest BCUT2D eigenvalue weighted by Crippen LogP contribution is 2.41. The molecule has 5 heterocycles. The van der Waals surface area contributed by atoms with E-state index >= 15 is 0 Å². The molecular formula is C20H19N9O8S4. The Balaban J connectivity index is 1.36. The van der Waals surface area contributed by atoms with E-state index in [9.17, 15) is 32.5 Å². The van der Waals surface area contributed by atoms with Crippen LogP contribution < -0.4 is 11.1 Å². The smallest absolute Gasteiger partial charge is 0.352 e. The van der Waals surface area contributed by atoms with Crippen LogP contribution in [-0.2, 0) is 29.3 Å². The molecule has 1 fully saturated rings. The molecule has 5 N–H and O–H groups in total. The van der Waals surface area contributed by atoms with Crippen molar-refractivity contribution in [2.75, 3.05) is 24.3 Å². The molecule has 0 unspecified atom stereocenters. The summed E-state index contributed by atoms with van der Waals surface area (Å²) in [5, 5.41) is 20.6. The fourth-order valence-electron chi connectivity index (χ4n) is 4.00. The summed E-state index contributed by atoms with van der Waals surface area (Å²) >= 11 is 3.47. The molecule has 216 valence electrons. The molecule has 2 aliphatic rings. The van der Waals surface area contributed by atoms with Gasteiger partial charge in [-0.15, -0.1) is 40.0 Å². The van der Waals surface area contributed by atoms with E-state index in [4.69, 9.17) is 10.6 Å². The van der Waals surface area contributed by atoms with Crippen LogP contribution in [0.3, 0.4) is 0 Å². The largest absolute Gasteiger partial charge is 0.477 e. The Hall–Kier alpha value is -3.79. The van der Waals surface area contributed by atoms with Crippen LogP contribution in [0.25, 0.3) is 5.78 Å². The van der Waals surface area contributed by atoms with Gasteiger partial charge >= 0.3 is 16.1 Å². The third-order valence-electron chi connectivity index (χ3n) is 5.71. The standard InChI is InChI=1S/C20H19N9O8S4/c1-7-3-10(29-19(22-7)25-20(26-29)41(34,35)36)38-4-8-5-39-16-12(15(31)28(16)13(8)17(32)33)24-14(30)11(27-37-2)9-6-40-18(21)23-9/h3,6,12,16H,4-5H2,1-2H3,(H2,21,23)(H,24,30)(H,32,33)(H,34,35,36)/b27-11-/t12-,16-/m1/s1. The number of thiazole rings is 1. The molecule has 0 aromatic carbocycles. The molecule has 3 aromatic heterocycles. The number of aryl methyl sites for hydroxylation is 1. The second-order valence-electron chi connectivity index (χ2n) is 8.42. The predicted octanol–water partition coefficient (Wildman–Crippen LogP) is -0.400. The first kappa shape index (κ1) is 28.7. The van der Waals surface area contributed by atoms with Crippen molar-refractivity contribution in [3.8, 4) is 0 Å². The summed E-state index contributed by atoms with van der Waals surface area (Å²) in [5.41, 5.74) is 6.29. The van der Waals surface area contributed by atoms with Crippen LogP contribution in [0.2, 0.25) is 0 Å². The number of hydrogen-bond donors (Lipinski definition) is 4. The highest BCUT2D eigenvalue weighted by molar-refractivity contribution is 8.01. The van der Waals surface area contributed by atoms with Crippen molar-refractivity contribution in [2.24, 2.45) is 5.16 Å². The number of carboxylic acids is 1. The Labute approximate surface area is 243 Å². The van der Waals surface area contributed by atoms with Crippen LogP contribution in [0, 0.1) is 6.92 Å². The minimum atomic E-state index is -4.68. The van der Waals surface area contributed by atoms with Crippen LogP contribution >= 0.6 is 34.9 Å². The van der Waals surface area contributed by atoms with Gasteiger partial charge in [0.25, 0.3) is 22.7 Å². The van der Waals surface area contributed by atoms with Crippen LogP contribution in [0.1, 0.15) is 11.4 Å². The lowest BCUT2D eigenvalue weighted by atomic mass is 10.0. The third-order valence-corrected chi connectivity index (χ3v) is 9.44. The molecule has 0 bridgehead atoms. The first-order chi connectivity index (χ1) is 19.4. The first-order valence-corrected chi connectivity index (χ1v) is 15.6. The van der Waals surface area contributed by atoms with Gasteiger partial charge < -0.3 is 21.0 Å². The molecular weight excluding hydrogens is 623 g/mol. The van der Waals surface area contributed by atoms with Crippen LogP contribution in [0.5, 0.6) is 0 Å². The molecule has 3 aromatic rings. The number of carbonyl (C=O) groups is 3. The molecule has 41 heavy (non-hydrogen) atoms. The summed E-state index contributed by atoms with van der Waals surface area (Å²) in [6.45, 7) is 1.65. The Kier molecular flexibility index (Phi) is 7.63. The maximum absolute atomic E-state index is 13.1. The fourth-order valence-corrected chi connectivity index (χ4v) is 7.47. The van der Waals surface area contributed by atoms with Gasteiger partial charge in [-0.2, -0.15) is 17.9 Å². The lowest BCUT2D eigenvalue weighted by Gasteiger charge is -2.49. The number of amides is 2. The Morgan fingerprint density at radius 3 is 2.73 bits per heavy atom. The number of nitrogens with zero attached hydrogens (tertiary/aromatic N) is 7. The van der Waals surface area contributed by atoms with E-state index in [1.165, 1.54) is 24.3 Å². The normalized spacial score (nSPS) is 19.2. The number of β-lactam (4-membered cyclic amide) rings is 1. The van der Waals surface area contributed by atoms with Crippen molar-refractivity contribution in [1.29, 1.82) is 0 Å². The number of nitrogens with two attached hydrogens (primary N) is 1. The zero-order valence-corrected chi connectivity index (χ0v) is 24.2. The van der Waals surface area contributed by atoms with E-state index in [1.807, 2.05) is 0 Å². The van der Waals surface area contributed by atoms with Crippen molar-refractivity contribution in [3.05, 3.63) is 34.1 Å². The van der Waals surface area contributed by atoms with Crippen molar-refractivity contribution >= 4 is 79.4 Å². The summed E-state index contributed by atoms with van der Waals surface area (Å²) in [5.74, 6) is -2.45. The molecule has 17 nitrogen and oxygen atoms in total. The van der Waals surface area contributed by atoms with E-state index in [0.29, 0.717) is 16.3 Å². The topological polar surface area (TPSA) is 245 Å². The molecule has 0 spiro atoms. The quantitative estimate of drug-likeness (QED) is 0.0580. The number of oxime groups is 1. The fraction of sp³-hybridized carbons (Fsp3) is 0.300. The zero-order valence-electron chi connectivity index (χ0n) is 20.9. The van der Waals surface area contributed by atoms with Crippen molar-refractivity contribution in [1.82, 2.24) is 34.8 Å². The molecule has 2 aliphatic heterocycles. The molecule has 0 radical (unpaired) electrons. The molecule has 2 amide bonds. The number of carbonyl (C=O) groups excluding carboxylic acids is 2. The Morgan fingerprint density at radius 1 is 1.34 bits per heavy atom. The van der Waals surface area contributed by atoms with Gasteiger partial charge in [-0.05, 0) is 18.6 Å². The maximum atomic E-state index is 13.1. The lowest BCUT2D eigenvalue weighted by molar-refractivity contribution is -0.150. The van der Waals surface area contributed by atoms with Crippen LogP contribution in [0.4, 0.5) is 5.13 Å². The number of aromatic nitrogens is 5. The molecule has 5 rings (SSSR count). The number of anilines is 1. The van der Waals surface area contributed by atoms with E-state index in [1.54, 1.807) is 13.0 Å². The number of thioether (sulfide) groups is 2. The number of hydrogen-bond acceptors (Lipinski definition) is 15. The van der Waals surface area contributed by atoms with Gasteiger partial charge in [-0.1, -0.05) is 5.16 Å². The Morgan fingerprint density at radius 2 is 2.10 bits per heavy atom. The van der Waals surface area contributed by atoms with E-state index in [0.717, 1.165) is 32.5 Å². The first-order valence-electron chi connectivity index (χ1n) is 11.3. The molecule has 2 atom stereocenters. The van der Waals surface area contributed by atoms with Gasteiger partial charge in [0.05, 0.1) is 0 Å². The second-order valence-corrected chi connectivity index (χ2v) is 12.7. The highest BCUT2D eigenvalue weighted by atomic mass is 32.2. The van der Waals surface area contributed by atoms with Crippen molar-refractivity contribution < 1.29 is 37.3 Å². The minimum absolute atomic E-state index is 0.0705. The van der Waals surface area contributed by atoms with Gasteiger partial charge in [-0.3, -0.25) is 19.0 Å². The van der Waals surface area contributed by atoms with Crippen LogP contribution in [-0.4, -0.2) is 101 Å². The van der Waals surface area contributed by atoms with E-state index in [2.05, 4.69) is 30.5 Å². The molecule has 1 saturated heterocycles. The average molecular weight is 642 g/mol. The molecule has 0 saturated carbocycles. The van der Waals surface area contributed by atoms with Gasteiger partial charge in [0.15, 0.2) is 10.8 Å². The highest BCUT2D eigenvalue weighted by Gasteiger charge is 2.54. The summed E-state index contributed by atoms with van der Waals surface area (Å²) in [4.78, 5) is 56.0. The summed E-state index contributed by atoms with van der Waals surface area (Å²) in [7, 11) is -3.43. The minimum Gasteiger partial charge on any atom is -0.477 e. The lowest BCUT2D eigenvalue weighted by Crippen LogP contribution is -2.71. The number of fused-ring (bicyclic) bond motifs is 2.